The first-order valence-electron chi connectivity index (χ1n) is 8.90. The van der Waals surface area contributed by atoms with E-state index in [0.717, 1.165) is 12.8 Å². The van der Waals surface area contributed by atoms with Crippen molar-refractivity contribution in [3.8, 4) is 5.69 Å². The molecule has 1 saturated carbocycles. The van der Waals surface area contributed by atoms with E-state index in [9.17, 15) is 14.9 Å². The number of hydrogen-bond donors (Lipinski definition) is 2. The highest BCUT2D eigenvalue weighted by atomic mass is 35.5. The summed E-state index contributed by atoms with van der Waals surface area (Å²) in [5, 5.41) is 18.2. The second kappa shape index (κ2) is 9.48. The molecule has 1 aliphatic rings. The van der Waals surface area contributed by atoms with E-state index in [1.165, 1.54) is 36.1 Å². The fourth-order valence-corrected chi connectivity index (χ4v) is 3.49. The van der Waals surface area contributed by atoms with Gasteiger partial charge in [-0.3, -0.25) is 14.9 Å². The van der Waals surface area contributed by atoms with Gasteiger partial charge in [0, 0.05) is 30.9 Å². The van der Waals surface area contributed by atoms with Crippen LogP contribution < -0.4 is 11.1 Å². The van der Waals surface area contributed by atoms with Gasteiger partial charge in [0.15, 0.2) is 5.69 Å². The van der Waals surface area contributed by atoms with Crippen molar-refractivity contribution in [3.05, 3.63) is 52.3 Å². The maximum Gasteiger partial charge on any atom is 0.272 e. The Morgan fingerprint density at radius 3 is 2.74 bits per heavy atom. The summed E-state index contributed by atoms with van der Waals surface area (Å²) < 4.78 is 1.46. The van der Waals surface area contributed by atoms with E-state index >= 15 is 0 Å². The van der Waals surface area contributed by atoms with Crippen LogP contribution in [0.1, 0.15) is 42.6 Å². The Labute approximate surface area is 163 Å². The van der Waals surface area contributed by atoms with Crippen LogP contribution in [0.15, 0.2) is 36.5 Å². The highest BCUT2D eigenvalue weighted by Gasteiger charge is 2.25. The number of nitro benzene ring substituents is 1. The van der Waals surface area contributed by atoms with Crippen molar-refractivity contribution >= 4 is 24.0 Å². The van der Waals surface area contributed by atoms with Crippen molar-refractivity contribution in [1.29, 1.82) is 0 Å². The zero-order valence-corrected chi connectivity index (χ0v) is 15.7. The average Bonchev–Trinajstić information content (AvgIpc) is 3.17. The Kier molecular flexibility index (Phi) is 7.32. The number of nitrogens with one attached hydrogen (secondary N) is 1. The van der Waals surface area contributed by atoms with Crippen molar-refractivity contribution in [1.82, 2.24) is 15.1 Å². The quantitative estimate of drug-likeness (QED) is 0.578. The summed E-state index contributed by atoms with van der Waals surface area (Å²) in [5.41, 5.74) is 6.64. The number of carbonyl (C=O) groups excluding carboxylic acids is 1. The number of rotatable bonds is 6. The molecule has 0 aliphatic heterocycles. The molecule has 1 aromatic heterocycles. The standard InChI is InChI=1S/C18H23N5O3.ClH/c19-12-17(13-5-2-1-3-6-13)20-18(24)16-9-10-22(21-16)14-7-4-8-15(11-14)23(25)26;/h4,7-11,13,17H,1-3,5-6,12,19H2,(H,20,24);1H. The molecule has 0 saturated heterocycles. The normalized spacial score (nSPS) is 15.6. The lowest BCUT2D eigenvalue weighted by atomic mass is 9.84. The second-order valence-electron chi connectivity index (χ2n) is 6.64. The van der Waals surface area contributed by atoms with Crippen LogP contribution in [0, 0.1) is 16.0 Å². The van der Waals surface area contributed by atoms with Crippen LogP contribution in [0.2, 0.25) is 0 Å². The van der Waals surface area contributed by atoms with E-state index in [4.69, 9.17) is 5.73 Å². The first-order valence-corrected chi connectivity index (χ1v) is 8.90. The molecule has 3 rings (SSSR count). The predicted octanol–water partition coefficient (Wildman–Crippen LogP) is 2.84. The van der Waals surface area contributed by atoms with Crippen molar-refractivity contribution in [2.75, 3.05) is 6.54 Å². The molecule has 1 fully saturated rings. The van der Waals surface area contributed by atoms with Crippen molar-refractivity contribution in [2.24, 2.45) is 11.7 Å². The number of halogens is 1. The summed E-state index contributed by atoms with van der Waals surface area (Å²) in [7, 11) is 0. The highest BCUT2D eigenvalue weighted by molar-refractivity contribution is 5.92. The minimum absolute atomic E-state index is 0. The van der Waals surface area contributed by atoms with Gasteiger partial charge in [-0.15, -0.1) is 12.4 Å². The van der Waals surface area contributed by atoms with Crippen LogP contribution in [0.25, 0.3) is 5.69 Å². The minimum atomic E-state index is -0.462. The molecule has 146 valence electrons. The third kappa shape index (κ3) is 5.05. The molecule has 1 unspecified atom stereocenters. The van der Waals surface area contributed by atoms with Crippen LogP contribution in [-0.4, -0.2) is 33.2 Å². The summed E-state index contributed by atoms with van der Waals surface area (Å²) in [6, 6.07) is 7.67. The van der Waals surface area contributed by atoms with E-state index in [2.05, 4.69) is 10.4 Å². The molecule has 0 radical (unpaired) electrons. The zero-order chi connectivity index (χ0) is 18.5. The highest BCUT2D eigenvalue weighted by Crippen LogP contribution is 2.26. The van der Waals surface area contributed by atoms with E-state index in [0.29, 0.717) is 18.2 Å². The summed E-state index contributed by atoms with van der Waals surface area (Å²) in [6.45, 7) is 0.405. The fraction of sp³-hybridized carbons (Fsp3) is 0.444. The van der Waals surface area contributed by atoms with E-state index in [-0.39, 0.29) is 35.7 Å². The SMILES string of the molecule is Cl.NCC(NC(=O)c1ccn(-c2cccc([N+](=O)[O-])c2)n1)C1CCCCC1. The maximum absolute atomic E-state index is 12.5. The van der Waals surface area contributed by atoms with Gasteiger partial charge >= 0.3 is 0 Å². The first-order chi connectivity index (χ1) is 12.6. The number of aromatic nitrogens is 2. The zero-order valence-electron chi connectivity index (χ0n) is 14.9. The Bertz CT molecular complexity index is 789. The molecular formula is C18H24ClN5O3. The van der Waals surface area contributed by atoms with Gasteiger partial charge in [0.25, 0.3) is 11.6 Å². The van der Waals surface area contributed by atoms with Crippen LogP contribution >= 0.6 is 12.4 Å². The van der Waals surface area contributed by atoms with Crippen LogP contribution in [0.4, 0.5) is 5.69 Å². The molecule has 1 amide bonds. The van der Waals surface area contributed by atoms with Gasteiger partial charge in [-0.1, -0.05) is 25.3 Å². The summed E-state index contributed by atoms with van der Waals surface area (Å²) in [5.74, 6) is 0.145. The molecule has 1 aliphatic carbocycles. The topological polar surface area (TPSA) is 116 Å². The molecular weight excluding hydrogens is 370 g/mol. The van der Waals surface area contributed by atoms with Gasteiger partial charge in [0.2, 0.25) is 0 Å². The van der Waals surface area contributed by atoms with Gasteiger partial charge in [0.1, 0.15) is 0 Å². The van der Waals surface area contributed by atoms with E-state index < -0.39 is 4.92 Å². The fourth-order valence-electron chi connectivity index (χ4n) is 3.49. The molecule has 1 heterocycles. The number of non-ortho nitro benzene ring substituents is 1. The molecule has 9 heteroatoms. The molecule has 2 aromatic rings. The third-order valence-corrected chi connectivity index (χ3v) is 4.92. The third-order valence-electron chi connectivity index (χ3n) is 4.92. The number of amides is 1. The lowest BCUT2D eigenvalue weighted by molar-refractivity contribution is -0.384. The van der Waals surface area contributed by atoms with Gasteiger partial charge in [0.05, 0.1) is 10.6 Å². The lowest BCUT2D eigenvalue weighted by Gasteiger charge is -2.29. The first kappa shape index (κ1) is 20.9. The largest absolute Gasteiger partial charge is 0.346 e. The molecule has 1 atom stereocenters. The molecule has 3 N–H and O–H groups in total. The summed E-state index contributed by atoms with van der Waals surface area (Å²) in [6.07, 6.45) is 7.40. The summed E-state index contributed by atoms with van der Waals surface area (Å²) in [4.78, 5) is 23.0. The van der Waals surface area contributed by atoms with Gasteiger partial charge < -0.3 is 11.1 Å². The smallest absolute Gasteiger partial charge is 0.272 e. The lowest BCUT2D eigenvalue weighted by Crippen LogP contribution is -2.46. The van der Waals surface area contributed by atoms with Crippen LogP contribution in [-0.2, 0) is 0 Å². The molecule has 8 nitrogen and oxygen atoms in total. The number of nitro groups is 1. The van der Waals surface area contributed by atoms with E-state index in [1.807, 2.05) is 0 Å². The molecule has 0 bridgehead atoms. The monoisotopic (exact) mass is 393 g/mol. The van der Waals surface area contributed by atoms with Gasteiger partial charge in [-0.25, -0.2) is 4.68 Å². The predicted molar refractivity (Wildman–Crippen MR) is 104 cm³/mol. The average molecular weight is 394 g/mol. The van der Waals surface area contributed by atoms with Crippen molar-refractivity contribution in [2.45, 2.75) is 38.1 Å². The molecule has 27 heavy (non-hydrogen) atoms. The summed E-state index contributed by atoms with van der Waals surface area (Å²) >= 11 is 0. The number of nitrogens with zero attached hydrogens (tertiary/aromatic N) is 3. The van der Waals surface area contributed by atoms with Gasteiger partial charge in [-0.05, 0) is 30.9 Å². The second-order valence-corrected chi connectivity index (χ2v) is 6.64. The van der Waals surface area contributed by atoms with E-state index in [1.54, 1.807) is 24.4 Å². The number of carbonyl (C=O) groups is 1. The molecule has 0 spiro atoms. The van der Waals surface area contributed by atoms with Crippen LogP contribution in [0.3, 0.4) is 0 Å². The van der Waals surface area contributed by atoms with Crippen LogP contribution in [0.5, 0.6) is 0 Å². The van der Waals surface area contributed by atoms with Crippen molar-refractivity contribution < 1.29 is 9.72 Å². The molecule has 1 aromatic carbocycles. The minimum Gasteiger partial charge on any atom is -0.346 e. The Morgan fingerprint density at radius 1 is 1.33 bits per heavy atom. The number of benzene rings is 1. The Balaban J connectivity index is 0.00000261. The van der Waals surface area contributed by atoms with Gasteiger partial charge in [-0.2, -0.15) is 5.10 Å². The number of nitrogens with two attached hydrogens (primary N) is 1. The number of hydrogen-bond acceptors (Lipinski definition) is 5. The Morgan fingerprint density at radius 2 is 2.07 bits per heavy atom. The van der Waals surface area contributed by atoms with Crippen molar-refractivity contribution in [3.63, 3.8) is 0 Å². The Hall–Kier alpha value is -2.45. The maximum atomic E-state index is 12.5.